The van der Waals surface area contributed by atoms with Gasteiger partial charge in [0.15, 0.2) is 0 Å². The summed E-state index contributed by atoms with van der Waals surface area (Å²) in [4.78, 5) is 5.34. The second-order valence-corrected chi connectivity index (χ2v) is 5.36. The molecule has 0 amide bonds. The maximum atomic E-state index is 5.87. The van der Waals surface area contributed by atoms with Crippen LogP contribution < -0.4 is 5.32 Å². The number of benzene rings is 1. The minimum Gasteiger partial charge on any atom is -0.377 e. The first-order chi connectivity index (χ1) is 8.33. The molecule has 0 fully saturated rings. The van der Waals surface area contributed by atoms with Gasteiger partial charge < -0.3 is 5.32 Å². The van der Waals surface area contributed by atoms with E-state index in [2.05, 4.69) is 34.6 Å². The SMILES string of the molecule is Clc1cc(NC2CSc3ccccc32)ccn1. The second-order valence-electron chi connectivity index (χ2n) is 3.91. The van der Waals surface area contributed by atoms with Crippen molar-refractivity contribution in [3.05, 3.63) is 53.3 Å². The Bertz CT molecular complexity index is 544. The molecule has 1 aromatic carbocycles. The molecule has 0 aliphatic carbocycles. The third-order valence-electron chi connectivity index (χ3n) is 2.77. The zero-order valence-corrected chi connectivity index (χ0v) is 10.6. The van der Waals surface area contributed by atoms with Crippen molar-refractivity contribution in [1.82, 2.24) is 4.98 Å². The minimum atomic E-state index is 0.356. The number of hydrogen-bond acceptors (Lipinski definition) is 3. The Morgan fingerprint density at radius 2 is 2.18 bits per heavy atom. The van der Waals surface area contributed by atoms with Crippen LogP contribution in [0.3, 0.4) is 0 Å². The molecule has 0 saturated carbocycles. The fourth-order valence-corrected chi connectivity index (χ4v) is 3.31. The molecular formula is C13H11ClN2S. The van der Waals surface area contributed by atoms with E-state index in [1.54, 1.807) is 6.20 Å². The highest BCUT2D eigenvalue weighted by Gasteiger charge is 2.22. The van der Waals surface area contributed by atoms with E-state index in [0.717, 1.165) is 11.4 Å². The van der Waals surface area contributed by atoms with Gasteiger partial charge >= 0.3 is 0 Å². The summed E-state index contributed by atoms with van der Waals surface area (Å²) in [7, 11) is 0. The monoisotopic (exact) mass is 262 g/mol. The molecule has 1 unspecified atom stereocenters. The third-order valence-corrected chi connectivity index (χ3v) is 4.16. The molecule has 1 atom stereocenters. The van der Waals surface area contributed by atoms with E-state index in [0.29, 0.717) is 11.2 Å². The maximum absolute atomic E-state index is 5.87. The zero-order valence-electron chi connectivity index (χ0n) is 9.06. The summed E-state index contributed by atoms with van der Waals surface area (Å²) < 4.78 is 0. The molecule has 0 radical (unpaired) electrons. The van der Waals surface area contributed by atoms with Crippen LogP contribution in [0.5, 0.6) is 0 Å². The fourth-order valence-electron chi connectivity index (χ4n) is 1.98. The van der Waals surface area contributed by atoms with E-state index in [1.807, 2.05) is 23.9 Å². The van der Waals surface area contributed by atoms with Gasteiger partial charge in [0.2, 0.25) is 0 Å². The summed E-state index contributed by atoms with van der Waals surface area (Å²) in [6.45, 7) is 0. The Kier molecular flexibility index (Phi) is 2.95. The van der Waals surface area contributed by atoms with Crippen molar-refractivity contribution < 1.29 is 0 Å². The molecule has 17 heavy (non-hydrogen) atoms. The molecule has 0 saturated heterocycles. The van der Waals surface area contributed by atoms with E-state index in [9.17, 15) is 0 Å². The van der Waals surface area contributed by atoms with Crippen LogP contribution in [0.1, 0.15) is 11.6 Å². The lowest BCUT2D eigenvalue weighted by Gasteiger charge is -2.14. The van der Waals surface area contributed by atoms with E-state index in [4.69, 9.17) is 11.6 Å². The van der Waals surface area contributed by atoms with Crippen molar-refractivity contribution in [3.8, 4) is 0 Å². The zero-order chi connectivity index (χ0) is 11.7. The molecule has 0 spiro atoms. The number of pyridine rings is 1. The van der Waals surface area contributed by atoms with Gasteiger partial charge in [0, 0.05) is 22.5 Å². The number of aromatic nitrogens is 1. The molecule has 1 N–H and O–H groups in total. The molecule has 86 valence electrons. The molecule has 0 bridgehead atoms. The summed E-state index contributed by atoms with van der Waals surface area (Å²) in [6.07, 6.45) is 1.72. The third kappa shape index (κ3) is 2.26. The predicted molar refractivity (Wildman–Crippen MR) is 72.8 cm³/mol. The van der Waals surface area contributed by atoms with Gasteiger partial charge in [-0.05, 0) is 23.8 Å². The van der Waals surface area contributed by atoms with E-state index < -0.39 is 0 Å². The van der Waals surface area contributed by atoms with E-state index in [-0.39, 0.29) is 0 Å². The van der Waals surface area contributed by atoms with Crippen LogP contribution in [0.4, 0.5) is 5.69 Å². The molecule has 1 aliphatic rings. The highest BCUT2D eigenvalue weighted by Crippen LogP contribution is 2.39. The van der Waals surface area contributed by atoms with Gasteiger partial charge in [-0.3, -0.25) is 0 Å². The largest absolute Gasteiger partial charge is 0.377 e. The number of hydrogen-bond donors (Lipinski definition) is 1. The normalized spacial score (nSPS) is 17.8. The van der Waals surface area contributed by atoms with Gasteiger partial charge in [-0.15, -0.1) is 11.8 Å². The standard InChI is InChI=1S/C13H11ClN2S/c14-13-7-9(5-6-15-13)16-11-8-17-12-4-2-1-3-10(11)12/h1-7,11H,8H2,(H,15,16). The highest BCUT2D eigenvalue weighted by atomic mass is 35.5. The number of nitrogens with zero attached hydrogens (tertiary/aromatic N) is 1. The van der Waals surface area contributed by atoms with Crippen LogP contribution in [0.15, 0.2) is 47.5 Å². The first-order valence-electron chi connectivity index (χ1n) is 5.43. The van der Waals surface area contributed by atoms with Crippen LogP contribution in [-0.2, 0) is 0 Å². The van der Waals surface area contributed by atoms with Gasteiger partial charge in [-0.25, -0.2) is 4.98 Å². The highest BCUT2D eigenvalue weighted by molar-refractivity contribution is 7.99. The Morgan fingerprint density at radius 1 is 1.29 bits per heavy atom. The van der Waals surface area contributed by atoms with Gasteiger partial charge in [0.1, 0.15) is 5.15 Å². The molecule has 2 nitrogen and oxygen atoms in total. The molecule has 1 aliphatic heterocycles. The lowest BCUT2D eigenvalue weighted by molar-refractivity contribution is 0.899. The predicted octanol–water partition coefficient (Wildman–Crippen LogP) is 3.99. The molecule has 3 rings (SSSR count). The summed E-state index contributed by atoms with van der Waals surface area (Å²) in [5.41, 5.74) is 2.39. The molecule has 2 aromatic rings. The quantitative estimate of drug-likeness (QED) is 0.829. The van der Waals surface area contributed by atoms with Crippen molar-refractivity contribution in [2.45, 2.75) is 10.9 Å². The fraction of sp³-hybridized carbons (Fsp3) is 0.154. The van der Waals surface area contributed by atoms with Crippen molar-refractivity contribution in [3.63, 3.8) is 0 Å². The number of halogens is 1. The molecule has 4 heteroatoms. The summed E-state index contributed by atoms with van der Waals surface area (Å²) in [5.74, 6) is 1.05. The maximum Gasteiger partial charge on any atom is 0.131 e. The minimum absolute atomic E-state index is 0.356. The van der Waals surface area contributed by atoms with Crippen molar-refractivity contribution in [2.75, 3.05) is 11.1 Å². The average Bonchev–Trinajstić information content (AvgIpc) is 2.73. The number of thioether (sulfide) groups is 1. The molecule has 2 heterocycles. The van der Waals surface area contributed by atoms with Gasteiger partial charge in [0.05, 0.1) is 6.04 Å². The first-order valence-corrected chi connectivity index (χ1v) is 6.79. The van der Waals surface area contributed by atoms with Crippen LogP contribution in [0.2, 0.25) is 5.15 Å². The summed E-state index contributed by atoms with van der Waals surface area (Å²) in [5, 5.41) is 4.01. The summed E-state index contributed by atoms with van der Waals surface area (Å²) in [6, 6.07) is 12.7. The Labute approximate surface area is 109 Å². The van der Waals surface area contributed by atoms with Gasteiger partial charge in [-0.2, -0.15) is 0 Å². The van der Waals surface area contributed by atoms with Gasteiger partial charge in [-0.1, -0.05) is 29.8 Å². The molecular weight excluding hydrogens is 252 g/mol. The van der Waals surface area contributed by atoms with Crippen molar-refractivity contribution in [2.24, 2.45) is 0 Å². The van der Waals surface area contributed by atoms with Crippen molar-refractivity contribution in [1.29, 1.82) is 0 Å². The number of rotatable bonds is 2. The van der Waals surface area contributed by atoms with Crippen molar-refractivity contribution >= 4 is 29.1 Å². The Balaban J connectivity index is 1.84. The smallest absolute Gasteiger partial charge is 0.131 e. The van der Waals surface area contributed by atoms with Gasteiger partial charge in [0.25, 0.3) is 0 Å². The number of nitrogens with one attached hydrogen (secondary N) is 1. The van der Waals surface area contributed by atoms with Crippen LogP contribution >= 0.6 is 23.4 Å². The van der Waals surface area contributed by atoms with E-state index in [1.165, 1.54) is 10.5 Å². The lowest BCUT2D eigenvalue weighted by Crippen LogP contribution is -2.09. The topological polar surface area (TPSA) is 24.9 Å². The van der Waals surface area contributed by atoms with E-state index >= 15 is 0 Å². The molecule has 1 aromatic heterocycles. The van der Waals surface area contributed by atoms with Crippen LogP contribution in [0, 0.1) is 0 Å². The number of anilines is 1. The average molecular weight is 263 g/mol. The Hall–Kier alpha value is -1.19. The van der Waals surface area contributed by atoms with Crippen LogP contribution in [-0.4, -0.2) is 10.7 Å². The number of fused-ring (bicyclic) bond motifs is 1. The first kappa shape index (κ1) is 10.9. The Morgan fingerprint density at radius 3 is 3.06 bits per heavy atom. The van der Waals surface area contributed by atoms with Crippen LogP contribution in [0.25, 0.3) is 0 Å². The summed E-state index contributed by atoms with van der Waals surface area (Å²) >= 11 is 7.76. The lowest BCUT2D eigenvalue weighted by atomic mass is 10.1. The second kappa shape index (κ2) is 4.59.